The molecule has 0 N–H and O–H groups in total. The maximum absolute atomic E-state index is 7.61. The Hall–Kier alpha value is -3.84. The van der Waals surface area contributed by atoms with E-state index in [2.05, 4.69) is 154 Å². The second-order valence-electron chi connectivity index (χ2n) is 13.0. The van der Waals surface area contributed by atoms with Crippen molar-refractivity contribution in [2.24, 2.45) is 0 Å². The largest absolute Gasteiger partial charge is 0.404 e. The normalized spacial score (nSPS) is 19.1. The van der Waals surface area contributed by atoms with Gasteiger partial charge < -0.3 is 18.6 Å². The monoisotopic (exact) mass is 628 g/mol. The van der Waals surface area contributed by atoms with Crippen LogP contribution in [-0.4, -0.2) is 34.1 Å². The molecular formula is C41H44O4Si. The minimum absolute atomic E-state index is 0.158. The van der Waals surface area contributed by atoms with Crippen LogP contribution in [0.4, 0.5) is 0 Å². The molecule has 0 amide bonds. The molecule has 0 radical (unpaired) electrons. The van der Waals surface area contributed by atoms with E-state index in [4.69, 9.17) is 18.6 Å². The van der Waals surface area contributed by atoms with E-state index in [1.165, 1.54) is 10.4 Å². The minimum atomic E-state index is -2.83. The quantitative estimate of drug-likeness (QED) is 0.116. The van der Waals surface area contributed by atoms with Crippen LogP contribution in [0.3, 0.4) is 0 Å². The van der Waals surface area contributed by atoms with Gasteiger partial charge in [0.05, 0.1) is 6.10 Å². The molecule has 1 aliphatic rings. The van der Waals surface area contributed by atoms with Gasteiger partial charge in [-0.05, 0) is 32.1 Å². The second-order valence-corrected chi connectivity index (χ2v) is 17.3. The molecule has 4 nitrogen and oxygen atoms in total. The van der Waals surface area contributed by atoms with Crippen LogP contribution >= 0.6 is 0 Å². The van der Waals surface area contributed by atoms with E-state index in [9.17, 15) is 0 Å². The summed E-state index contributed by atoms with van der Waals surface area (Å²) in [5.74, 6) is 0. The molecule has 1 aliphatic heterocycles. The summed E-state index contributed by atoms with van der Waals surface area (Å²) in [7, 11) is -1.13. The highest BCUT2D eigenvalue weighted by atomic mass is 28.4. The van der Waals surface area contributed by atoms with E-state index in [1.807, 2.05) is 18.2 Å². The molecule has 5 aromatic rings. The molecule has 1 fully saturated rings. The van der Waals surface area contributed by atoms with E-state index in [-0.39, 0.29) is 11.1 Å². The standard InChI is InChI=1S/C41H44O4Si/c1-40(2,3)46(36-26-16-8-17-27-36,37-28-18-9-19-29-37)45-35-30-38(42-4)43-39(31-35)44-41(32-20-10-5-11-21-32,33-22-12-6-13-23-33)34-24-14-7-15-25-34/h5-29,35,38-39H,30-31H2,1-4H3/t35-,38-,39+/m0/s1. The molecule has 5 heteroatoms. The molecule has 1 saturated heterocycles. The van der Waals surface area contributed by atoms with Gasteiger partial charge in [-0.3, -0.25) is 0 Å². The van der Waals surface area contributed by atoms with Crippen molar-refractivity contribution in [3.05, 3.63) is 168 Å². The van der Waals surface area contributed by atoms with Gasteiger partial charge in [0.1, 0.15) is 5.60 Å². The van der Waals surface area contributed by atoms with Crippen LogP contribution < -0.4 is 10.4 Å². The maximum Gasteiger partial charge on any atom is 0.261 e. The summed E-state index contributed by atoms with van der Waals surface area (Å²) in [6.45, 7) is 6.93. The van der Waals surface area contributed by atoms with Gasteiger partial charge in [0.25, 0.3) is 8.32 Å². The van der Waals surface area contributed by atoms with E-state index >= 15 is 0 Å². The van der Waals surface area contributed by atoms with Gasteiger partial charge in [-0.15, -0.1) is 0 Å². The van der Waals surface area contributed by atoms with Gasteiger partial charge in [0, 0.05) is 20.0 Å². The third-order valence-electron chi connectivity index (χ3n) is 9.09. The molecule has 0 aromatic heterocycles. The number of methoxy groups -OCH3 is 1. The third-order valence-corrected chi connectivity index (χ3v) is 14.2. The van der Waals surface area contributed by atoms with Crippen molar-refractivity contribution < 1.29 is 18.6 Å². The van der Waals surface area contributed by atoms with Crippen LogP contribution in [0.1, 0.15) is 50.3 Å². The number of benzene rings is 5. The fourth-order valence-electron chi connectivity index (χ4n) is 6.99. The SMILES string of the molecule is CO[C@@H]1C[C@H](O[Si](c2ccccc2)(c2ccccc2)C(C)(C)C)C[C@@H](OC(c2ccccc2)(c2ccccc2)c2ccccc2)O1. The molecule has 3 atom stereocenters. The van der Waals surface area contributed by atoms with Crippen LogP contribution in [0.5, 0.6) is 0 Å². The summed E-state index contributed by atoms with van der Waals surface area (Å²) in [5.41, 5.74) is 2.16. The van der Waals surface area contributed by atoms with Crippen molar-refractivity contribution in [2.45, 2.75) is 62.9 Å². The Morgan fingerprint density at radius 2 is 0.913 bits per heavy atom. The first kappa shape index (κ1) is 32.1. The van der Waals surface area contributed by atoms with Crippen molar-refractivity contribution in [1.29, 1.82) is 0 Å². The van der Waals surface area contributed by atoms with Crippen molar-refractivity contribution in [3.8, 4) is 0 Å². The van der Waals surface area contributed by atoms with Gasteiger partial charge in [0.2, 0.25) is 0 Å². The first-order chi connectivity index (χ1) is 22.4. The summed E-state index contributed by atoms with van der Waals surface area (Å²) in [4.78, 5) is 0. The van der Waals surface area contributed by atoms with Crippen molar-refractivity contribution in [1.82, 2.24) is 0 Å². The Kier molecular flexibility index (Phi) is 9.69. The number of hydrogen-bond acceptors (Lipinski definition) is 4. The van der Waals surface area contributed by atoms with Crippen LogP contribution in [0.2, 0.25) is 5.04 Å². The molecular weight excluding hydrogens is 585 g/mol. The van der Waals surface area contributed by atoms with Crippen LogP contribution in [0, 0.1) is 0 Å². The van der Waals surface area contributed by atoms with Crippen molar-refractivity contribution >= 4 is 18.7 Å². The number of rotatable bonds is 10. The highest BCUT2D eigenvalue weighted by Gasteiger charge is 2.53. The van der Waals surface area contributed by atoms with E-state index in [0.717, 1.165) is 16.7 Å². The van der Waals surface area contributed by atoms with E-state index < -0.39 is 26.5 Å². The average Bonchev–Trinajstić information content (AvgIpc) is 3.11. The summed E-state index contributed by atoms with van der Waals surface area (Å²) >= 11 is 0. The van der Waals surface area contributed by atoms with E-state index in [1.54, 1.807) is 7.11 Å². The highest BCUT2D eigenvalue weighted by Crippen LogP contribution is 2.44. The molecule has 0 aliphatic carbocycles. The molecule has 0 spiro atoms. The van der Waals surface area contributed by atoms with E-state index in [0.29, 0.717) is 12.8 Å². The summed E-state index contributed by atoms with van der Waals surface area (Å²) < 4.78 is 27.5. The van der Waals surface area contributed by atoms with Crippen molar-refractivity contribution in [3.63, 3.8) is 0 Å². The summed E-state index contributed by atoms with van der Waals surface area (Å²) in [6, 6.07) is 52.9. The zero-order valence-electron chi connectivity index (χ0n) is 27.2. The smallest absolute Gasteiger partial charge is 0.261 e. The van der Waals surface area contributed by atoms with Crippen LogP contribution in [0.15, 0.2) is 152 Å². The number of hydrogen-bond donors (Lipinski definition) is 0. The lowest BCUT2D eigenvalue weighted by atomic mass is 9.80. The minimum Gasteiger partial charge on any atom is -0.404 e. The molecule has 1 heterocycles. The summed E-state index contributed by atoms with van der Waals surface area (Å²) in [6.07, 6.45) is -0.103. The predicted octanol–water partition coefficient (Wildman–Crippen LogP) is 8.05. The van der Waals surface area contributed by atoms with Crippen LogP contribution in [-0.2, 0) is 24.2 Å². The second kappa shape index (κ2) is 13.9. The van der Waals surface area contributed by atoms with Gasteiger partial charge in [-0.2, -0.15) is 0 Å². The first-order valence-electron chi connectivity index (χ1n) is 16.2. The van der Waals surface area contributed by atoms with Gasteiger partial charge in [-0.1, -0.05) is 172 Å². The lowest BCUT2D eigenvalue weighted by Crippen LogP contribution is -2.68. The Morgan fingerprint density at radius 3 is 1.28 bits per heavy atom. The fourth-order valence-corrected chi connectivity index (χ4v) is 11.7. The topological polar surface area (TPSA) is 36.9 Å². The molecule has 0 saturated carbocycles. The third kappa shape index (κ3) is 6.26. The van der Waals surface area contributed by atoms with Gasteiger partial charge in [0.15, 0.2) is 12.6 Å². The molecule has 0 bridgehead atoms. The highest BCUT2D eigenvalue weighted by molar-refractivity contribution is 6.99. The molecule has 236 valence electrons. The lowest BCUT2D eigenvalue weighted by molar-refractivity contribution is -0.295. The Balaban J connectivity index is 1.44. The zero-order chi connectivity index (χ0) is 32.0. The van der Waals surface area contributed by atoms with Gasteiger partial charge in [-0.25, -0.2) is 0 Å². The number of ether oxygens (including phenoxy) is 3. The molecule has 46 heavy (non-hydrogen) atoms. The molecule has 5 aromatic carbocycles. The fraction of sp³-hybridized carbons (Fsp3) is 0.268. The van der Waals surface area contributed by atoms with Gasteiger partial charge >= 0.3 is 0 Å². The van der Waals surface area contributed by atoms with Crippen LogP contribution in [0.25, 0.3) is 0 Å². The zero-order valence-corrected chi connectivity index (χ0v) is 28.2. The lowest BCUT2D eigenvalue weighted by Gasteiger charge is -2.48. The van der Waals surface area contributed by atoms with Crippen molar-refractivity contribution in [2.75, 3.05) is 7.11 Å². The predicted molar refractivity (Wildman–Crippen MR) is 188 cm³/mol. The Labute approximate surface area is 275 Å². The Bertz CT molecular complexity index is 1500. The Morgan fingerprint density at radius 1 is 0.543 bits per heavy atom. The average molecular weight is 629 g/mol. The molecule has 6 rings (SSSR count). The molecule has 0 unspecified atom stereocenters. The summed E-state index contributed by atoms with van der Waals surface area (Å²) in [5, 5.41) is 2.34. The first-order valence-corrected chi connectivity index (χ1v) is 18.1. The maximum atomic E-state index is 7.61.